The lowest BCUT2D eigenvalue weighted by molar-refractivity contribution is 0.459. The van der Waals surface area contributed by atoms with Gasteiger partial charge < -0.3 is 0 Å². The first-order valence-electron chi connectivity index (χ1n) is 5.70. The van der Waals surface area contributed by atoms with Crippen LogP contribution in [0.25, 0.3) is 0 Å². The van der Waals surface area contributed by atoms with E-state index in [0.717, 1.165) is 17.8 Å². The summed E-state index contributed by atoms with van der Waals surface area (Å²) >= 11 is 0. The van der Waals surface area contributed by atoms with Crippen LogP contribution >= 0.6 is 0 Å². The fourth-order valence-electron chi connectivity index (χ4n) is 4.16. The Morgan fingerprint density at radius 3 is 2.50 bits per heavy atom. The highest BCUT2D eigenvalue weighted by atomic mass is 14.7. The van der Waals surface area contributed by atoms with Gasteiger partial charge in [-0.15, -0.1) is 0 Å². The van der Waals surface area contributed by atoms with E-state index in [2.05, 4.69) is 20.8 Å². The molecule has 0 aromatic heterocycles. The Morgan fingerprint density at radius 2 is 1.92 bits per heavy atom. The van der Waals surface area contributed by atoms with Crippen LogP contribution in [-0.4, -0.2) is 0 Å². The van der Waals surface area contributed by atoms with Gasteiger partial charge in [-0.25, -0.2) is 0 Å². The van der Waals surface area contributed by atoms with E-state index in [1.54, 1.807) is 6.42 Å². The van der Waals surface area contributed by atoms with Crippen molar-refractivity contribution in [2.45, 2.75) is 33.6 Å². The molecule has 3 rings (SSSR count). The van der Waals surface area contributed by atoms with E-state index in [4.69, 9.17) is 0 Å². The van der Waals surface area contributed by atoms with Gasteiger partial charge in [-0.2, -0.15) is 0 Å². The summed E-state index contributed by atoms with van der Waals surface area (Å²) in [6.45, 7) is 7.22. The maximum atomic E-state index is 2.47. The van der Waals surface area contributed by atoms with Crippen LogP contribution in [0.15, 0.2) is 0 Å². The van der Waals surface area contributed by atoms with Gasteiger partial charge in [-0.3, -0.25) is 0 Å². The van der Waals surface area contributed by atoms with Crippen LogP contribution in [0, 0.1) is 41.4 Å². The molecular weight excluding hydrogens is 144 g/mol. The predicted octanol–water partition coefficient (Wildman–Crippen LogP) is 3.18. The van der Waals surface area contributed by atoms with Gasteiger partial charge in [0, 0.05) is 0 Å². The Hall–Kier alpha value is 0. The summed E-state index contributed by atoms with van der Waals surface area (Å²) in [7, 11) is 0. The van der Waals surface area contributed by atoms with Gasteiger partial charge in [0.25, 0.3) is 0 Å². The number of fused-ring (bicyclic) bond motifs is 3. The van der Waals surface area contributed by atoms with Gasteiger partial charge in [-0.05, 0) is 54.3 Å². The van der Waals surface area contributed by atoms with Crippen LogP contribution in [0.5, 0.6) is 0 Å². The number of hydrogen-bond acceptors (Lipinski definition) is 0. The molecule has 3 aliphatic carbocycles. The van der Waals surface area contributed by atoms with E-state index in [-0.39, 0.29) is 0 Å². The van der Waals surface area contributed by atoms with E-state index >= 15 is 0 Å². The smallest absolute Gasteiger partial charge is 0.0318 e. The Bertz CT molecular complexity index is 206. The highest BCUT2D eigenvalue weighted by Gasteiger charge is 2.70. The molecule has 0 amide bonds. The summed E-state index contributed by atoms with van der Waals surface area (Å²) in [6.07, 6.45) is 3.12. The summed E-state index contributed by atoms with van der Waals surface area (Å²) in [4.78, 5) is 0. The highest BCUT2D eigenvalue weighted by molar-refractivity contribution is 5.18. The van der Waals surface area contributed by atoms with Crippen LogP contribution in [0.3, 0.4) is 0 Å². The lowest BCUT2D eigenvalue weighted by Crippen LogP contribution is -1.95. The Kier molecular flexibility index (Phi) is 1.28. The van der Waals surface area contributed by atoms with Crippen molar-refractivity contribution in [1.82, 2.24) is 0 Å². The maximum absolute atomic E-state index is 2.47. The van der Waals surface area contributed by atoms with Crippen LogP contribution in [0.4, 0.5) is 0 Å². The maximum Gasteiger partial charge on any atom is -0.0318 e. The van der Waals surface area contributed by atoms with Gasteiger partial charge in [-0.1, -0.05) is 20.8 Å². The third-order valence-electron chi connectivity index (χ3n) is 4.77. The summed E-state index contributed by atoms with van der Waals surface area (Å²) in [5.41, 5.74) is 0. The van der Waals surface area contributed by atoms with E-state index in [9.17, 15) is 0 Å². The minimum atomic E-state index is 0.938. The molecule has 3 saturated carbocycles. The van der Waals surface area contributed by atoms with Gasteiger partial charge in [0.15, 0.2) is 0 Å². The fourth-order valence-corrected chi connectivity index (χ4v) is 4.16. The molecule has 6 atom stereocenters. The largest absolute Gasteiger partial charge is 0.0628 e. The molecule has 0 aliphatic heterocycles. The standard InChI is InChI=1S/C12H20/c1-6(2)4-9-10-5-8-7(3)11(8)12(9)10/h6-12H,4-5H2,1-3H3. The van der Waals surface area contributed by atoms with Crippen molar-refractivity contribution in [2.75, 3.05) is 0 Å². The van der Waals surface area contributed by atoms with Gasteiger partial charge >= 0.3 is 0 Å². The molecule has 0 N–H and O–H groups in total. The molecule has 6 unspecified atom stereocenters. The lowest BCUT2D eigenvalue weighted by Gasteiger charge is -2.04. The molecule has 0 spiro atoms. The molecule has 0 saturated heterocycles. The zero-order chi connectivity index (χ0) is 8.46. The molecular formula is C12H20. The molecule has 3 fully saturated rings. The topological polar surface area (TPSA) is 0 Å². The van der Waals surface area contributed by atoms with Crippen LogP contribution in [0.1, 0.15) is 33.6 Å². The fraction of sp³-hybridized carbons (Fsp3) is 1.00. The summed E-state index contributed by atoms with van der Waals surface area (Å²) in [5.74, 6) is 7.99. The van der Waals surface area contributed by atoms with E-state index < -0.39 is 0 Å². The molecule has 0 bridgehead atoms. The zero-order valence-electron chi connectivity index (χ0n) is 8.46. The summed E-state index contributed by atoms with van der Waals surface area (Å²) in [5, 5.41) is 0. The second-order valence-corrected chi connectivity index (χ2v) is 5.87. The van der Waals surface area contributed by atoms with Crippen molar-refractivity contribution in [2.24, 2.45) is 41.4 Å². The molecule has 0 heteroatoms. The molecule has 68 valence electrons. The molecule has 0 nitrogen and oxygen atoms in total. The third-order valence-corrected chi connectivity index (χ3v) is 4.77. The monoisotopic (exact) mass is 164 g/mol. The minimum Gasteiger partial charge on any atom is -0.0628 e. The van der Waals surface area contributed by atoms with Crippen LogP contribution < -0.4 is 0 Å². The predicted molar refractivity (Wildman–Crippen MR) is 50.7 cm³/mol. The first kappa shape index (κ1) is 7.41. The minimum absolute atomic E-state index is 0.938. The quantitative estimate of drug-likeness (QED) is 0.588. The second kappa shape index (κ2) is 2.08. The molecule has 0 radical (unpaired) electrons. The average Bonchev–Trinajstić information content (AvgIpc) is 2.79. The number of hydrogen-bond donors (Lipinski definition) is 0. The molecule has 0 aromatic rings. The van der Waals surface area contributed by atoms with Crippen LogP contribution in [0.2, 0.25) is 0 Å². The van der Waals surface area contributed by atoms with Crippen molar-refractivity contribution < 1.29 is 0 Å². The van der Waals surface area contributed by atoms with E-state index in [0.29, 0.717) is 0 Å². The second-order valence-electron chi connectivity index (χ2n) is 5.87. The van der Waals surface area contributed by atoms with E-state index in [1.165, 1.54) is 30.1 Å². The molecule has 0 heterocycles. The normalized spacial score (nSPS) is 60.0. The third kappa shape index (κ3) is 0.791. The Morgan fingerprint density at radius 1 is 1.17 bits per heavy atom. The van der Waals surface area contributed by atoms with Crippen molar-refractivity contribution >= 4 is 0 Å². The van der Waals surface area contributed by atoms with Crippen molar-refractivity contribution in [3.8, 4) is 0 Å². The summed E-state index contributed by atoms with van der Waals surface area (Å²) in [6, 6.07) is 0. The summed E-state index contributed by atoms with van der Waals surface area (Å²) < 4.78 is 0. The first-order chi connectivity index (χ1) is 5.70. The zero-order valence-corrected chi connectivity index (χ0v) is 8.46. The lowest BCUT2D eigenvalue weighted by atomic mass is 10.0. The number of rotatable bonds is 2. The molecule has 0 aromatic carbocycles. The van der Waals surface area contributed by atoms with Crippen molar-refractivity contribution in [3.63, 3.8) is 0 Å². The first-order valence-corrected chi connectivity index (χ1v) is 5.70. The van der Waals surface area contributed by atoms with Crippen molar-refractivity contribution in [1.29, 1.82) is 0 Å². The SMILES string of the molecule is CC(C)CC1C2CC3C(C)C3C12. The Labute approximate surface area is 75.7 Å². The van der Waals surface area contributed by atoms with Crippen molar-refractivity contribution in [3.05, 3.63) is 0 Å². The average molecular weight is 164 g/mol. The molecule has 3 aliphatic rings. The van der Waals surface area contributed by atoms with Crippen LogP contribution in [-0.2, 0) is 0 Å². The van der Waals surface area contributed by atoms with Gasteiger partial charge in [0.2, 0.25) is 0 Å². The van der Waals surface area contributed by atoms with E-state index in [1.807, 2.05) is 0 Å². The Balaban J connectivity index is 1.62. The molecule has 12 heavy (non-hydrogen) atoms. The highest BCUT2D eigenvalue weighted by Crippen LogP contribution is 2.76. The van der Waals surface area contributed by atoms with Gasteiger partial charge in [0.1, 0.15) is 0 Å². The van der Waals surface area contributed by atoms with Gasteiger partial charge in [0.05, 0.1) is 0 Å².